The van der Waals surface area contributed by atoms with Gasteiger partial charge in [-0.1, -0.05) is 6.07 Å². The normalized spacial score (nSPS) is 10.4. The third-order valence-corrected chi connectivity index (χ3v) is 2.85. The minimum absolute atomic E-state index is 0.190. The number of nitrogens with zero attached hydrogens (tertiary/aromatic N) is 1. The highest BCUT2D eigenvalue weighted by atomic mass is 19.2. The molecule has 0 unspecified atom stereocenters. The summed E-state index contributed by atoms with van der Waals surface area (Å²) in [5, 5.41) is 0. The van der Waals surface area contributed by atoms with E-state index < -0.39 is 23.2 Å². The summed E-state index contributed by atoms with van der Waals surface area (Å²) >= 11 is 0. The van der Waals surface area contributed by atoms with E-state index in [2.05, 4.69) is 0 Å². The lowest BCUT2D eigenvalue weighted by Crippen LogP contribution is -2.24. The van der Waals surface area contributed by atoms with E-state index in [0.717, 1.165) is 12.1 Å². The van der Waals surface area contributed by atoms with Crippen molar-refractivity contribution in [1.82, 2.24) is 4.57 Å². The summed E-state index contributed by atoms with van der Waals surface area (Å²) in [5.41, 5.74) is 0.401. The van der Waals surface area contributed by atoms with Crippen LogP contribution in [0.1, 0.15) is 6.92 Å². The minimum Gasteiger partial charge on any atom is -0.465 e. The zero-order valence-corrected chi connectivity index (χ0v) is 11.3. The van der Waals surface area contributed by atoms with Crippen molar-refractivity contribution in [3.8, 4) is 11.1 Å². The Balaban J connectivity index is 2.28. The highest BCUT2D eigenvalue weighted by Crippen LogP contribution is 2.19. The number of carbonyl (C=O) groups is 1. The fourth-order valence-corrected chi connectivity index (χ4v) is 1.84. The summed E-state index contributed by atoms with van der Waals surface area (Å²) < 4.78 is 32.0. The number of esters is 1. The van der Waals surface area contributed by atoms with Crippen LogP contribution in [0.15, 0.2) is 41.3 Å². The van der Waals surface area contributed by atoms with Gasteiger partial charge in [0.1, 0.15) is 6.54 Å². The Bertz CT molecular complexity index is 725. The van der Waals surface area contributed by atoms with Crippen molar-refractivity contribution in [2.45, 2.75) is 13.5 Å². The third-order valence-electron chi connectivity index (χ3n) is 2.85. The topological polar surface area (TPSA) is 48.3 Å². The summed E-state index contributed by atoms with van der Waals surface area (Å²) in [6.07, 6.45) is 1.41. The molecule has 0 N–H and O–H groups in total. The SMILES string of the molecule is CCOC(=O)Cn1ccc(-c2ccc(F)c(F)c2)cc1=O. The summed E-state index contributed by atoms with van der Waals surface area (Å²) in [7, 11) is 0. The number of aromatic nitrogens is 1. The maximum atomic E-state index is 13.2. The second kappa shape index (κ2) is 6.30. The molecule has 0 aliphatic carbocycles. The van der Waals surface area contributed by atoms with Crippen molar-refractivity contribution in [3.63, 3.8) is 0 Å². The van der Waals surface area contributed by atoms with Crippen LogP contribution in [-0.2, 0) is 16.1 Å². The molecule has 0 aliphatic heterocycles. The number of pyridine rings is 1. The van der Waals surface area contributed by atoms with Gasteiger partial charge in [0.2, 0.25) is 0 Å². The van der Waals surface area contributed by atoms with Crippen LogP contribution in [0.25, 0.3) is 11.1 Å². The van der Waals surface area contributed by atoms with Crippen LogP contribution in [0.3, 0.4) is 0 Å². The summed E-state index contributed by atoms with van der Waals surface area (Å²) in [6.45, 7) is 1.72. The first-order valence-electron chi connectivity index (χ1n) is 6.33. The standard InChI is InChI=1S/C15H13F2NO3/c1-2-21-15(20)9-18-6-5-11(8-14(18)19)10-3-4-12(16)13(17)7-10/h3-8H,2,9H2,1H3. The molecule has 0 radical (unpaired) electrons. The van der Waals surface area contributed by atoms with E-state index >= 15 is 0 Å². The molecule has 0 saturated heterocycles. The van der Waals surface area contributed by atoms with Crippen molar-refractivity contribution < 1.29 is 18.3 Å². The van der Waals surface area contributed by atoms with E-state index in [1.54, 1.807) is 13.0 Å². The zero-order valence-electron chi connectivity index (χ0n) is 11.3. The number of rotatable bonds is 4. The lowest BCUT2D eigenvalue weighted by molar-refractivity contribution is -0.143. The van der Waals surface area contributed by atoms with Gasteiger partial charge in [0.15, 0.2) is 11.6 Å². The van der Waals surface area contributed by atoms with Gasteiger partial charge in [-0.3, -0.25) is 9.59 Å². The van der Waals surface area contributed by atoms with Gasteiger partial charge in [-0.25, -0.2) is 8.78 Å². The van der Waals surface area contributed by atoms with E-state index in [1.165, 1.54) is 22.9 Å². The Labute approximate surface area is 119 Å². The van der Waals surface area contributed by atoms with Crippen LogP contribution in [0.2, 0.25) is 0 Å². The Morgan fingerprint density at radius 1 is 1.14 bits per heavy atom. The van der Waals surface area contributed by atoms with Crippen LogP contribution in [0, 0.1) is 11.6 Å². The van der Waals surface area contributed by atoms with Crippen LogP contribution in [0.5, 0.6) is 0 Å². The molecule has 2 aromatic rings. The third kappa shape index (κ3) is 3.53. The highest BCUT2D eigenvalue weighted by molar-refractivity contribution is 5.69. The number of benzene rings is 1. The predicted molar refractivity (Wildman–Crippen MR) is 72.7 cm³/mol. The van der Waals surface area contributed by atoms with Crippen molar-refractivity contribution in [2.75, 3.05) is 6.61 Å². The van der Waals surface area contributed by atoms with Gasteiger partial charge in [0, 0.05) is 12.3 Å². The zero-order chi connectivity index (χ0) is 15.4. The molecule has 110 valence electrons. The molecule has 0 atom stereocenters. The first-order valence-corrected chi connectivity index (χ1v) is 6.33. The van der Waals surface area contributed by atoms with E-state index in [9.17, 15) is 18.4 Å². The lowest BCUT2D eigenvalue weighted by atomic mass is 10.1. The molecule has 0 spiro atoms. The molecule has 1 aromatic heterocycles. The van der Waals surface area contributed by atoms with E-state index in [0.29, 0.717) is 11.1 Å². The van der Waals surface area contributed by atoms with Crippen molar-refractivity contribution in [2.24, 2.45) is 0 Å². The molecule has 1 heterocycles. The van der Waals surface area contributed by atoms with Crippen LogP contribution in [-0.4, -0.2) is 17.1 Å². The average Bonchev–Trinajstić information content (AvgIpc) is 2.44. The molecule has 1 aromatic carbocycles. The van der Waals surface area contributed by atoms with Gasteiger partial charge in [0.25, 0.3) is 5.56 Å². The number of ether oxygens (including phenoxy) is 1. The Morgan fingerprint density at radius 2 is 1.86 bits per heavy atom. The summed E-state index contributed by atoms with van der Waals surface area (Å²) in [5.74, 6) is -2.45. The lowest BCUT2D eigenvalue weighted by Gasteiger charge is -2.07. The number of halogens is 2. The Hall–Kier alpha value is -2.50. The fraction of sp³-hybridized carbons (Fsp3) is 0.200. The smallest absolute Gasteiger partial charge is 0.326 e. The van der Waals surface area contributed by atoms with Gasteiger partial charge < -0.3 is 9.30 Å². The number of hydrogen-bond donors (Lipinski definition) is 0. The molecular weight excluding hydrogens is 280 g/mol. The summed E-state index contributed by atoms with van der Waals surface area (Å²) in [6, 6.07) is 6.19. The van der Waals surface area contributed by atoms with Gasteiger partial charge in [-0.2, -0.15) is 0 Å². The maximum Gasteiger partial charge on any atom is 0.326 e. The van der Waals surface area contributed by atoms with E-state index in [1.807, 2.05) is 0 Å². The number of hydrogen-bond acceptors (Lipinski definition) is 3. The van der Waals surface area contributed by atoms with Crippen LogP contribution in [0.4, 0.5) is 8.78 Å². The molecule has 0 amide bonds. The quantitative estimate of drug-likeness (QED) is 0.813. The molecule has 4 nitrogen and oxygen atoms in total. The minimum atomic E-state index is -0.983. The van der Waals surface area contributed by atoms with Gasteiger partial charge in [0.05, 0.1) is 6.61 Å². The molecule has 2 rings (SSSR count). The number of carbonyl (C=O) groups excluding carboxylic acids is 1. The largest absolute Gasteiger partial charge is 0.465 e. The van der Waals surface area contributed by atoms with Gasteiger partial charge in [-0.15, -0.1) is 0 Å². The molecule has 0 saturated carbocycles. The second-order valence-corrected chi connectivity index (χ2v) is 4.32. The Morgan fingerprint density at radius 3 is 2.48 bits per heavy atom. The monoisotopic (exact) mass is 293 g/mol. The molecule has 21 heavy (non-hydrogen) atoms. The molecular formula is C15H13F2NO3. The van der Waals surface area contributed by atoms with Crippen molar-refractivity contribution in [3.05, 3.63) is 58.5 Å². The average molecular weight is 293 g/mol. The molecule has 0 fully saturated rings. The van der Waals surface area contributed by atoms with E-state index in [4.69, 9.17) is 4.74 Å². The molecule has 0 bridgehead atoms. The highest BCUT2D eigenvalue weighted by Gasteiger charge is 2.08. The van der Waals surface area contributed by atoms with Gasteiger partial charge >= 0.3 is 5.97 Å². The van der Waals surface area contributed by atoms with Gasteiger partial charge in [-0.05, 0) is 36.2 Å². The first-order chi connectivity index (χ1) is 10.0. The maximum absolute atomic E-state index is 13.2. The van der Waals surface area contributed by atoms with Crippen molar-refractivity contribution in [1.29, 1.82) is 0 Å². The predicted octanol–water partition coefficient (Wildman–Crippen LogP) is 2.36. The van der Waals surface area contributed by atoms with Crippen molar-refractivity contribution >= 4 is 5.97 Å². The fourth-order valence-electron chi connectivity index (χ4n) is 1.84. The van der Waals surface area contributed by atoms with Crippen LogP contribution < -0.4 is 5.56 Å². The molecule has 6 heteroatoms. The first kappa shape index (κ1) is 14.9. The Kier molecular flexibility index (Phi) is 4.47. The molecule has 0 aliphatic rings. The van der Waals surface area contributed by atoms with E-state index in [-0.39, 0.29) is 13.2 Å². The summed E-state index contributed by atoms with van der Waals surface area (Å²) in [4.78, 5) is 23.2. The second-order valence-electron chi connectivity index (χ2n) is 4.32. The van der Waals surface area contributed by atoms with Crippen LogP contribution >= 0.6 is 0 Å².